The first-order chi connectivity index (χ1) is 12.1. The molecule has 8 nitrogen and oxygen atoms in total. The van der Waals surface area contributed by atoms with Gasteiger partial charge >= 0.3 is 11.9 Å². The molecule has 8 N–H and O–H groups in total. The fourth-order valence-electron chi connectivity index (χ4n) is 2.35. The van der Waals surface area contributed by atoms with Crippen molar-refractivity contribution in [2.45, 2.75) is 26.7 Å². The van der Waals surface area contributed by atoms with Crippen LogP contribution in [0.4, 0.5) is 11.4 Å². The molecule has 0 aromatic heterocycles. The van der Waals surface area contributed by atoms with Gasteiger partial charge in [0, 0.05) is 16.9 Å². The number of carboxylic acid groups (broad SMARTS) is 2. The van der Waals surface area contributed by atoms with Gasteiger partial charge in [0.1, 0.15) is 22.6 Å². The number of carbonyl (C=O) groups is 2. The monoisotopic (exact) mass is 362 g/mol. The topological polar surface area (TPSA) is 167 Å². The molecule has 0 saturated carbocycles. The molecule has 0 bridgehead atoms. The zero-order valence-corrected chi connectivity index (χ0v) is 14.5. The molecule has 140 valence electrons. The average Bonchev–Trinajstić information content (AvgIpc) is 2.57. The van der Waals surface area contributed by atoms with E-state index in [9.17, 15) is 19.8 Å². The zero-order chi connectivity index (χ0) is 20.0. The summed E-state index contributed by atoms with van der Waals surface area (Å²) in [4.78, 5) is 21.2. The second-order valence-corrected chi connectivity index (χ2v) is 5.42. The molecule has 0 fully saturated rings. The van der Waals surface area contributed by atoms with E-state index >= 15 is 0 Å². The van der Waals surface area contributed by atoms with E-state index in [0.717, 1.165) is 0 Å². The van der Waals surface area contributed by atoms with Crippen LogP contribution in [0, 0.1) is 0 Å². The van der Waals surface area contributed by atoms with Crippen LogP contribution in [-0.4, -0.2) is 32.4 Å². The van der Waals surface area contributed by atoms with Crippen molar-refractivity contribution in [3.05, 3.63) is 46.5 Å². The largest absolute Gasteiger partial charge is 0.507 e. The Hall–Kier alpha value is -3.42. The van der Waals surface area contributed by atoms with Crippen molar-refractivity contribution in [2.24, 2.45) is 0 Å². The number of nitrogens with two attached hydrogens (primary N) is 2. The first kappa shape index (κ1) is 20.6. The molecule has 0 atom stereocenters. The van der Waals surface area contributed by atoms with E-state index in [1.165, 1.54) is 18.2 Å². The van der Waals surface area contributed by atoms with Gasteiger partial charge < -0.3 is 31.9 Å². The fraction of sp³-hybridized carbons (Fsp3) is 0.222. The molecule has 2 aromatic rings. The summed E-state index contributed by atoms with van der Waals surface area (Å²) >= 11 is 0. The lowest BCUT2D eigenvalue weighted by Gasteiger charge is -2.07. The number of nitrogen functional groups attached to an aromatic ring is 2. The van der Waals surface area contributed by atoms with Gasteiger partial charge in [0.15, 0.2) is 0 Å². The molecule has 0 amide bonds. The van der Waals surface area contributed by atoms with Crippen LogP contribution in [0.15, 0.2) is 24.3 Å². The maximum Gasteiger partial charge on any atom is 0.339 e. The van der Waals surface area contributed by atoms with Gasteiger partial charge in [-0.25, -0.2) is 9.59 Å². The van der Waals surface area contributed by atoms with Crippen molar-refractivity contribution in [3.8, 4) is 11.5 Å². The van der Waals surface area contributed by atoms with E-state index in [1.54, 1.807) is 13.0 Å². The van der Waals surface area contributed by atoms with Crippen molar-refractivity contribution >= 4 is 23.3 Å². The number of carboxylic acids is 2. The minimum atomic E-state index is -1.17. The minimum absolute atomic E-state index is 0.106. The second kappa shape index (κ2) is 8.61. The molecule has 0 aliphatic rings. The SMILES string of the molecule is CCc1c(N)ccc(C(=O)O)c1O.CCc1cc(N)cc(C(=O)O)c1O. The number of aromatic carboxylic acids is 2. The molecule has 26 heavy (non-hydrogen) atoms. The first-order valence-corrected chi connectivity index (χ1v) is 7.82. The van der Waals surface area contributed by atoms with E-state index in [4.69, 9.17) is 21.7 Å². The molecule has 0 aliphatic heterocycles. The van der Waals surface area contributed by atoms with Gasteiger partial charge in [0.25, 0.3) is 0 Å². The van der Waals surface area contributed by atoms with Crippen LogP contribution < -0.4 is 11.5 Å². The number of hydrogen-bond donors (Lipinski definition) is 6. The van der Waals surface area contributed by atoms with Gasteiger partial charge in [0.2, 0.25) is 0 Å². The van der Waals surface area contributed by atoms with Crippen LogP contribution in [0.5, 0.6) is 11.5 Å². The summed E-state index contributed by atoms with van der Waals surface area (Å²) in [6.45, 7) is 3.62. The standard InChI is InChI=1S/2C9H11NO3/c1-2-5-3-6(10)4-7(8(5)11)9(12)13;1-2-5-7(10)4-3-6(8(5)11)9(12)13/h2*3-4,11H,2,10H2,1H3,(H,12,13). The lowest BCUT2D eigenvalue weighted by molar-refractivity contribution is 0.0682. The summed E-state index contributed by atoms with van der Waals surface area (Å²) in [5.41, 5.74) is 12.6. The van der Waals surface area contributed by atoms with Crippen LogP contribution in [0.25, 0.3) is 0 Å². The third kappa shape index (κ3) is 4.56. The lowest BCUT2D eigenvalue weighted by Crippen LogP contribution is -2.01. The van der Waals surface area contributed by atoms with Crippen molar-refractivity contribution in [3.63, 3.8) is 0 Å². The van der Waals surface area contributed by atoms with Gasteiger partial charge in [-0.1, -0.05) is 13.8 Å². The first-order valence-electron chi connectivity index (χ1n) is 7.82. The van der Waals surface area contributed by atoms with E-state index < -0.39 is 11.9 Å². The van der Waals surface area contributed by atoms with Crippen LogP contribution >= 0.6 is 0 Å². The van der Waals surface area contributed by atoms with Crippen molar-refractivity contribution in [1.29, 1.82) is 0 Å². The van der Waals surface area contributed by atoms with Gasteiger partial charge in [-0.2, -0.15) is 0 Å². The van der Waals surface area contributed by atoms with Crippen LogP contribution in [-0.2, 0) is 12.8 Å². The number of rotatable bonds is 4. The Morgan fingerprint density at radius 3 is 1.92 bits per heavy atom. The molecule has 2 rings (SSSR count). The van der Waals surface area contributed by atoms with E-state index in [2.05, 4.69) is 0 Å². The highest BCUT2D eigenvalue weighted by Gasteiger charge is 2.14. The molecule has 8 heteroatoms. The Morgan fingerprint density at radius 1 is 0.885 bits per heavy atom. The maximum absolute atomic E-state index is 10.6. The van der Waals surface area contributed by atoms with E-state index in [1.807, 2.05) is 6.92 Å². The van der Waals surface area contributed by atoms with Crippen LogP contribution in [0.3, 0.4) is 0 Å². The highest BCUT2D eigenvalue weighted by atomic mass is 16.4. The average molecular weight is 362 g/mol. The summed E-state index contributed by atoms with van der Waals surface area (Å²) in [7, 11) is 0. The number of benzene rings is 2. The molecule has 0 radical (unpaired) electrons. The highest BCUT2D eigenvalue weighted by molar-refractivity contribution is 5.93. The molecule has 0 heterocycles. The molecule has 0 saturated heterocycles. The summed E-state index contributed by atoms with van der Waals surface area (Å²) in [6.07, 6.45) is 1.07. The highest BCUT2D eigenvalue weighted by Crippen LogP contribution is 2.28. The van der Waals surface area contributed by atoms with Crippen LogP contribution in [0.2, 0.25) is 0 Å². The van der Waals surface area contributed by atoms with Crippen molar-refractivity contribution in [2.75, 3.05) is 11.5 Å². The normalized spacial score (nSPS) is 9.92. The minimum Gasteiger partial charge on any atom is -0.507 e. The summed E-state index contributed by atoms with van der Waals surface area (Å²) in [6, 6.07) is 5.60. The number of aromatic hydroxyl groups is 2. The van der Waals surface area contributed by atoms with Crippen LogP contribution in [0.1, 0.15) is 45.7 Å². The second-order valence-electron chi connectivity index (χ2n) is 5.42. The smallest absolute Gasteiger partial charge is 0.339 e. The molecule has 0 aliphatic carbocycles. The molecule has 0 unspecified atom stereocenters. The van der Waals surface area contributed by atoms with E-state index in [0.29, 0.717) is 35.3 Å². The Morgan fingerprint density at radius 2 is 1.46 bits per heavy atom. The summed E-state index contributed by atoms with van der Waals surface area (Å²) in [5.74, 6) is -2.73. The van der Waals surface area contributed by atoms with E-state index in [-0.39, 0.29) is 22.6 Å². The summed E-state index contributed by atoms with van der Waals surface area (Å²) in [5, 5.41) is 36.3. The number of phenols is 2. The maximum atomic E-state index is 10.6. The quantitative estimate of drug-likeness (QED) is 0.356. The number of anilines is 2. The Bertz CT molecular complexity index is 833. The Balaban J connectivity index is 0.000000260. The van der Waals surface area contributed by atoms with Gasteiger partial charge in [0.05, 0.1) is 0 Å². The number of hydrogen-bond acceptors (Lipinski definition) is 6. The summed E-state index contributed by atoms with van der Waals surface area (Å²) < 4.78 is 0. The fourth-order valence-corrected chi connectivity index (χ4v) is 2.35. The zero-order valence-electron chi connectivity index (χ0n) is 14.5. The molecule has 2 aromatic carbocycles. The third-order valence-corrected chi connectivity index (χ3v) is 3.73. The van der Waals surface area contributed by atoms with Gasteiger partial charge in [-0.05, 0) is 42.7 Å². The molecular weight excluding hydrogens is 340 g/mol. The van der Waals surface area contributed by atoms with Gasteiger partial charge in [-0.15, -0.1) is 0 Å². The predicted molar refractivity (Wildman–Crippen MR) is 97.7 cm³/mol. The third-order valence-electron chi connectivity index (χ3n) is 3.73. The molecular formula is C18H22N2O6. The lowest BCUT2D eigenvalue weighted by atomic mass is 10.0. The Labute approximate surface area is 150 Å². The van der Waals surface area contributed by atoms with Crippen molar-refractivity contribution < 1.29 is 30.0 Å². The predicted octanol–water partition coefficient (Wildman–Crippen LogP) is 2.47. The number of aryl methyl sites for hydroxylation is 1. The molecule has 0 spiro atoms. The Kier molecular flexibility index (Phi) is 6.83. The van der Waals surface area contributed by atoms with Gasteiger partial charge in [-0.3, -0.25) is 0 Å². The van der Waals surface area contributed by atoms with Crippen molar-refractivity contribution in [1.82, 2.24) is 0 Å².